The van der Waals surface area contributed by atoms with E-state index in [-0.39, 0.29) is 18.9 Å². The van der Waals surface area contributed by atoms with E-state index in [0.29, 0.717) is 0 Å². The summed E-state index contributed by atoms with van der Waals surface area (Å²) in [5.41, 5.74) is 0. The summed E-state index contributed by atoms with van der Waals surface area (Å²) in [6, 6.07) is 0. The third-order valence-electron chi connectivity index (χ3n) is 2.97. The smallest absolute Gasteiger partial charge is 0.303 e. The van der Waals surface area contributed by atoms with E-state index in [1.807, 2.05) is 0 Å². The highest BCUT2D eigenvalue weighted by atomic mass is 16.6. The van der Waals surface area contributed by atoms with Crippen LogP contribution in [-0.4, -0.2) is 55.0 Å². The third-order valence-corrected chi connectivity index (χ3v) is 2.97. The lowest BCUT2D eigenvalue weighted by molar-refractivity contribution is -0.230. The van der Waals surface area contributed by atoms with Gasteiger partial charge in [-0.15, -0.1) is 0 Å². The van der Waals surface area contributed by atoms with E-state index in [1.54, 1.807) is 6.92 Å². The number of ether oxygens (including phenoxy) is 4. The zero-order valence-corrected chi connectivity index (χ0v) is 13.5. The molecule has 0 radical (unpaired) electrons. The van der Waals surface area contributed by atoms with Gasteiger partial charge in [0.2, 0.25) is 5.91 Å². The Morgan fingerprint density at radius 1 is 0.957 bits per heavy atom. The number of amides is 1. The van der Waals surface area contributed by atoms with Crippen LogP contribution in [-0.2, 0) is 38.1 Å². The number of carbonyl (C=O) groups excluding carboxylic acids is 4. The minimum absolute atomic E-state index is 0.121. The second kappa shape index (κ2) is 8.47. The van der Waals surface area contributed by atoms with Crippen molar-refractivity contribution < 1.29 is 38.1 Å². The lowest BCUT2D eigenvalue weighted by Gasteiger charge is -2.40. The largest absolute Gasteiger partial charge is 0.456 e. The number of esters is 3. The molecule has 1 rings (SSSR count). The molecular formula is C14H21NO8. The van der Waals surface area contributed by atoms with Gasteiger partial charge in [0.25, 0.3) is 0 Å². The molecule has 0 saturated carbocycles. The van der Waals surface area contributed by atoms with E-state index in [9.17, 15) is 19.2 Å². The molecule has 1 heterocycles. The molecule has 4 atom stereocenters. The van der Waals surface area contributed by atoms with Crippen molar-refractivity contribution in [3.8, 4) is 0 Å². The van der Waals surface area contributed by atoms with Crippen LogP contribution in [0.4, 0.5) is 0 Å². The molecule has 0 aromatic heterocycles. The average Bonchev–Trinajstić information content (AvgIpc) is 2.43. The number of carbonyl (C=O) groups is 4. The van der Waals surface area contributed by atoms with E-state index >= 15 is 0 Å². The van der Waals surface area contributed by atoms with Crippen molar-refractivity contribution in [3.63, 3.8) is 0 Å². The molecule has 0 spiro atoms. The molecule has 130 valence electrons. The fourth-order valence-electron chi connectivity index (χ4n) is 2.13. The maximum absolute atomic E-state index is 11.6. The fourth-order valence-corrected chi connectivity index (χ4v) is 2.13. The molecule has 1 N–H and O–H groups in total. The minimum Gasteiger partial charge on any atom is -0.456 e. The Labute approximate surface area is 133 Å². The van der Waals surface area contributed by atoms with Gasteiger partial charge in [-0.25, -0.2) is 0 Å². The van der Waals surface area contributed by atoms with Crippen LogP contribution in [0.2, 0.25) is 0 Å². The molecule has 0 aliphatic carbocycles. The first-order valence-corrected chi connectivity index (χ1v) is 7.17. The van der Waals surface area contributed by atoms with Gasteiger partial charge < -0.3 is 24.3 Å². The second-order valence-electron chi connectivity index (χ2n) is 4.97. The number of nitrogens with one attached hydrogen (secondary N) is 1. The molecule has 0 aromatic rings. The standard InChI is InChI=1S/C14H21NO8/c1-5-11(19)15-14-13(23-9(4)18)12(22-8(3)17)10(6-20-14)21-7(2)16/h10,12-14H,5-6H2,1-4H3,(H,15,19)/t10-,12-,13+,14+/m1/s1. The van der Waals surface area contributed by atoms with Gasteiger partial charge in [0.05, 0.1) is 6.61 Å². The summed E-state index contributed by atoms with van der Waals surface area (Å²) in [5, 5.41) is 2.53. The molecular weight excluding hydrogens is 310 g/mol. The van der Waals surface area contributed by atoms with Crippen molar-refractivity contribution in [2.24, 2.45) is 0 Å². The van der Waals surface area contributed by atoms with Crippen molar-refractivity contribution in [1.29, 1.82) is 0 Å². The zero-order chi connectivity index (χ0) is 17.6. The van der Waals surface area contributed by atoms with Gasteiger partial charge in [-0.1, -0.05) is 6.92 Å². The predicted molar refractivity (Wildman–Crippen MR) is 74.8 cm³/mol. The molecule has 1 aliphatic rings. The average molecular weight is 331 g/mol. The van der Waals surface area contributed by atoms with Gasteiger partial charge >= 0.3 is 17.9 Å². The summed E-state index contributed by atoms with van der Waals surface area (Å²) in [6.45, 7) is 5.05. The summed E-state index contributed by atoms with van der Waals surface area (Å²) >= 11 is 0. The molecule has 1 amide bonds. The van der Waals surface area contributed by atoms with Crippen LogP contribution in [0.5, 0.6) is 0 Å². The molecule has 9 heteroatoms. The van der Waals surface area contributed by atoms with Crippen LogP contribution < -0.4 is 5.32 Å². The SMILES string of the molecule is CCC(=O)N[C@H]1OC[C@@H](OC(C)=O)[C@@H](OC(C)=O)[C@@H]1OC(C)=O. The lowest BCUT2D eigenvalue weighted by atomic mass is 10.0. The minimum atomic E-state index is -1.13. The monoisotopic (exact) mass is 331 g/mol. The lowest BCUT2D eigenvalue weighted by Crippen LogP contribution is -2.62. The molecule has 9 nitrogen and oxygen atoms in total. The second-order valence-corrected chi connectivity index (χ2v) is 4.97. The Balaban J connectivity index is 3.03. The highest BCUT2D eigenvalue weighted by molar-refractivity contribution is 5.76. The maximum atomic E-state index is 11.6. The molecule has 23 heavy (non-hydrogen) atoms. The van der Waals surface area contributed by atoms with Crippen molar-refractivity contribution in [2.75, 3.05) is 6.61 Å². The normalized spacial score (nSPS) is 26.8. The topological polar surface area (TPSA) is 117 Å². The van der Waals surface area contributed by atoms with E-state index in [2.05, 4.69) is 5.32 Å². The Hall–Kier alpha value is -2.16. The van der Waals surface area contributed by atoms with Gasteiger partial charge in [0, 0.05) is 27.2 Å². The van der Waals surface area contributed by atoms with Gasteiger partial charge in [0.15, 0.2) is 24.5 Å². The molecule has 1 fully saturated rings. The van der Waals surface area contributed by atoms with Gasteiger partial charge in [-0.3, -0.25) is 19.2 Å². The zero-order valence-electron chi connectivity index (χ0n) is 13.5. The van der Waals surface area contributed by atoms with Gasteiger partial charge in [0.1, 0.15) is 0 Å². The summed E-state index contributed by atoms with van der Waals surface area (Å²) in [5.74, 6) is -2.24. The van der Waals surface area contributed by atoms with Gasteiger partial charge in [-0.05, 0) is 0 Å². The number of hydrogen-bond acceptors (Lipinski definition) is 8. The Kier molecular flexibility index (Phi) is 6.95. The Morgan fingerprint density at radius 2 is 1.48 bits per heavy atom. The van der Waals surface area contributed by atoms with E-state index in [1.165, 1.54) is 20.8 Å². The molecule has 0 aromatic carbocycles. The first-order valence-electron chi connectivity index (χ1n) is 7.17. The summed E-state index contributed by atoms with van der Waals surface area (Å²) < 4.78 is 20.7. The number of rotatable bonds is 5. The van der Waals surface area contributed by atoms with Crippen LogP contribution in [0.25, 0.3) is 0 Å². The van der Waals surface area contributed by atoms with Crippen LogP contribution in [0.1, 0.15) is 34.1 Å². The summed E-state index contributed by atoms with van der Waals surface area (Å²) in [4.78, 5) is 45.4. The maximum Gasteiger partial charge on any atom is 0.303 e. The predicted octanol–water partition coefficient (Wildman–Crippen LogP) is -0.336. The van der Waals surface area contributed by atoms with Crippen molar-refractivity contribution in [2.45, 2.75) is 58.7 Å². The highest BCUT2D eigenvalue weighted by Gasteiger charge is 2.47. The summed E-state index contributed by atoms with van der Waals surface area (Å²) in [6.07, 6.45) is -3.99. The number of hydrogen-bond donors (Lipinski definition) is 1. The van der Waals surface area contributed by atoms with Crippen LogP contribution >= 0.6 is 0 Å². The first kappa shape index (κ1) is 18.9. The molecule has 0 unspecified atom stereocenters. The van der Waals surface area contributed by atoms with Crippen molar-refractivity contribution in [3.05, 3.63) is 0 Å². The quantitative estimate of drug-likeness (QED) is 0.537. The van der Waals surface area contributed by atoms with Gasteiger partial charge in [-0.2, -0.15) is 0 Å². The molecule has 1 saturated heterocycles. The van der Waals surface area contributed by atoms with E-state index in [0.717, 1.165) is 0 Å². The molecule has 1 aliphatic heterocycles. The van der Waals surface area contributed by atoms with E-state index in [4.69, 9.17) is 18.9 Å². The van der Waals surface area contributed by atoms with Crippen LogP contribution in [0.3, 0.4) is 0 Å². The third kappa shape index (κ3) is 5.85. The van der Waals surface area contributed by atoms with E-state index < -0.39 is 42.4 Å². The van der Waals surface area contributed by atoms with Crippen molar-refractivity contribution in [1.82, 2.24) is 5.32 Å². The van der Waals surface area contributed by atoms with Crippen LogP contribution in [0.15, 0.2) is 0 Å². The van der Waals surface area contributed by atoms with Crippen molar-refractivity contribution >= 4 is 23.8 Å². The molecule has 0 bridgehead atoms. The highest BCUT2D eigenvalue weighted by Crippen LogP contribution is 2.23. The van der Waals surface area contributed by atoms with Crippen LogP contribution in [0, 0.1) is 0 Å². The first-order chi connectivity index (χ1) is 10.7. The summed E-state index contributed by atoms with van der Waals surface area (Å²) in [7, 11) is 0. The Morgan fingerprint density at radius 3 is 1.96 bits per heavy atom. The Bertz CT molecular complexity index is 477. The fraction of sp³-hybridized carbons (Fsp3) is 0.714.